The number of hydrogen-bond acceptors (Lipinski definition) is 6. The molecule has 1 heterocycles. The van der Waals surface area contributed by atoms with Gasteiger partial charge in [-0.2, -0.15) is 0 Å². The van der Waals surface area contributed by atoms with Crippen molar-refractivity contribution in [3.8, 4) is 5.88 Å². The van der Waals surface area contributed by atoms with E-state index in [0.717, 1.165) is 33.7 Å². The molecule has 150 valence electrons. The topological polar surface area (TPSA) is 106 Å². The Morgan fingerprint density at radius 3 is 2.50 bits per heavy atom. The van der Waals surface area contributed by atoms with E-state index in [4.69, 9.17) is 0 Å². The summed E-state index contributed by atoms with van der Waals surface area (Å²) in [5.41, 5.74) is -0.867. The quantitative estimate of drug-likeness (QED) is 0.413. The molecule has 1 aromatic heterocycles. The van der Waals surface area contributed by atoms with Crippen molar-refractivity contribution in [1.29, 1.82) is 0 Å². The van der Waals surface area contributed by atoms with Crippen molar-refractivity contribution in [2.45, 2.75) is 19.8 Å². The Labute approximate surface area is 166 Å². The van der Waals surface area contributed by atoms with E-state index < -0.39 is 17.1 Å². The standard InChI is InChI=1S/C19H24N4O4S/c1-4-5-11-20-14(24)12-28-16(21-13-9-7-6-8-10-13)15-17(25)22(2)19(27)23(3)18(15)26/h6-10,25H,4-5,11-12H2,1-3H3,(H,20,24). The molecule has 2 aromatic rings. The van der Waals surface area contributed by atoms with Crippen molar-refractivity contribution in [2.75, 3.05) is 12.3 Å². The molecular weight excluding hydrogens is 380 g/mol. The summed E-state index contributed by atoms with van der Waals surface area (Å²) in [5, 5.41) is 13.4. The van der Waals surface area contributed by atoms with Crippen molar-refractivity contribution >= 4 is 28.4 Å². The Hall–Kier alpha value is -2.81. The molecule has 0 spiro atoms. The number of aromatic nitrogens is 2. The van der Waals surface area contributed by atoms with Gasteiger partial charge in [0.15, 0.2) is 0 Å². The lowest BCUT2D eigenvalue weighted by atomic mass is 10.3. The highest BCUT2D eigenvalue weighted by Crippen LogP contribution is 2.22. The molecule has 0 fully saturated rings. The number of unbranched alkanes of at least 4 members (excludes halogenated alkanes) is 1. The van der Waals surface area contributed by atoms with Crippen molar-refractivity contribution in [1.82, 2.24) is 14.5 Å². The molecule has 0 radical (unpaired) electrons. The van der Waals surface area contributed by atoms with Crippen LogP contribution < -0.4 is 16.6 Å². The summed E-state index contributed by atoms with van der Waals surface area (Å²) in [6.45, 7) is 2.61. The van der Waals surface area contributed by atoms with Crippen molar-refractivity contribution in [3.63, 3.8) is 0 Å². The molecule has 1 amide bonds. The monoisotopic (exact) mass is 404 g/mol. The molecule has 0 aliphatic rings. The third-order valence-electron chi connectivity index (χ3n) is 4.03. The highest BCUT2D eigenvalue weighted by molar-refractivity contribution is 8.15. The molecule has 0 unspecified atom stereocenters. The van der Waals surface area contributed by atoms with Gasteiger partial charge in [-0.05, 0) is 18.6 Å². The minimum Gasteiger partial charge on any atom is -0.494 e. The van der Waals surface area contributed by atoms with E-state index in [2.05, 4.69) is 10.3 Å². The average Bonchev–Trinajstić information content (AvgIpc) is 2.70. The first-order chi connectivity index (χ1) is 13.4. The maximum absolute atomic E-state index is 12.6. The van der Waals surface area contributed by atoms with Gasteiger partial charge in [0.25, 0.3) is 5.56 Å². The van der Waals surface area contributed by atoms with Crippen LogP contribution in [0.15, 0.2) is 44.9 Å². The van der Waals surface area contributed by atoms with E-state index >= 15 is 0 Å². The number of carbonyl (C=O) groups excluding carboxylic acids is 1. The first-order valence-electron chi connectivity index (χ1n) is 8.89. The molecule has 1 aromatic carbocycles. The lowest BCUT2D eigenvalue weighted by Gasteiger charge is -2.12. The zero-order valence-electron chi connectivity index (χ0n) is 16.1. The van der Waals surface area contributed by atoms with Crippen LogP contribution in [0.25, 0.3) is 0 Å². The van der Waals surface area contributed by atoms with E-state index in [1.807, 2.05) is 13.0 Å². The first kappa shape index (κ1) is 21.5. The number of amides is 1. The summed E-state index contributed by atoms with van der Waals surface area (Å²) in [6, 6.07) is 8.89. The number of para-hydroxylation sites is 1. The lowest BCUT2D eigenvalue weighted by Crippen LogP contribution is -2.39. The van der Waals surface area contributed by atoms with Gasteiger partial charge < -0.3 is 10.4 Å². The number of aromatic hydroxyl groups is 1. The van der Waals surface area contributed by atoms with Gasteiger partial charge in [0.05, 0.1) is 11.4 Å². The van der Waals surface area contributed by atoms with Gasteiger partial charge in [-0.25, -0.2) is 9.79 Å². The van der Waals surface area contributed by atoms with Crippen molar-refractivity contribution in [3.05, 3.63) is 56.7 Å². The van der Waals surface area contributed by atoms with Gasteiger partial charge in [0, 0.05) is 20.6 Å². The fourth-order valence-corrected chi connectivity index (χ4v) is 3.25. The second kappa shape index (κ2) is 9.93. The maximum atomic E-state index is 12.6. The Kier molecular flexibility index (Phi) is 7.62. The average molecular weight is 404 g/mol. The predicted octanol–water partition coefficient (Wildman–Crippen LogP) is 1.52. The van der Waals surface area contributed by atoms with Crippen LogP contribution in [0.4, 0.5) is 5.69 Å². The minimum absolute atomic E-state index is 0.0286. The van der Waals surface area contributed by atoms with Crippen LogP contribution in [0.3, 0.4) is 0 Å². The van der Waals surface area contributed by atoms with Crippen LogP contribution in [0.2, 0.25) is 0 Å². The normalized spacial score (nSPS) is 11.5. The van der Waals surface area contributed by atoms with Gasteiger partial charge in [-0.3, -0.25) is 18.7 Å². The van der Waals surface area contributed by atoms with E-state index in [1.54, 1.807) is 24.3 Å². The fraction of sp³-hybridized carbons (Fsp3) is 0.368. The van der Waals surface area contributed by atoms with Crippen LogP contribution in [0, 0.1) is 0 Å². The molecule has 28 heavy (non-hydrogen) atoms. The summed E-state index contributed by atoms with van der Waals surface area (Å²) in [7, 11) is 2.69. The van der Waals surface area contributed by atoms with Crippen molar-refractivity contribution < 1.29 is 9.90 Å². The van der Waals surface area contributed by atoms with Gasteiger partial charge in [-0.15, -0.1) is 0 Å². The molecule has 0 atom stereocenters. The van der Waals surface area contributed by atoms with Crippen LogP contribution in [-0.2, 0) is 18.9 Å². The molecular formula is C19H24N4O4S. The minimum atomic E-state index is -0.672. The van der Waals surface area contributed by atoms with E-state index in [9.17, 15) is 19.5 Å². The Bertz CT molecular complexity index is 980. The Morgan fingerprint density at radius 2 is 1.86 bits per heavy atom. The lowest BCUT2D eigenvalue weighted by molar-refractivity contribution is -0.118. The number of aliphatic imine (C=N–C) groups is 1. The maximum Gasteiger partial charge on any atom is 0.333 e. The van der Waals surface area contributed by atoms with Crippen LogP contribution in [0.5, 0.6) is 5.88 Å². The van der Waals surface area contributed by atoms with Crippen LogP contribution in [-0.4, -0.2) is 37.5 Å². The number of hydrogen-bond donors (Lipinski definition) is 2. The third kappa shape index (κ3) is 5.13. The molecule has 0 aliphatic carbocycles. The number of benzene rings is 1. The summed E-state index contributed by atoms with van der Waals surface area (Å²) < 4.78 is 1.87. The second-order valence-corrected chi connectivity index (χ2v) is 7.11. The zero-order valence-corrected chi connectivity index (χ0v) is 17.0. The summed E-state index contributed by atoms with van der Waals surface area (Å²) in [6.07, 6.45) is 1.85. The van der Waals surface area contributed by atoms with Crippen molar-refractivity contribution in [2.24, 2.45) is 19.1 Å². The first-order valence-corrected chi connectivity index (χ1v) is 9.88. The van der Waals surface area contributed by atoms with E-state index in [-0.39, 0.29) is 22.3 Å². The number of rotatable bonds is 7. The molecule has 8 nitrogen and oxygen atoms in total. The number of nitrogens with zero attached hydrogens (tertiary/aromatic N) is 3. The smallest absolute Gasteiger partial charge is 0.333 e. The molecule has 0 bridgehead atoms. The van der Waals surface area contributed by atoms with Gasteiger partial charge in [-0.1, -0.05) is 43.3 Å². The summed E-state index contributed by atoms with van der Waals surface area (Å²) >= 11 is 1.04. The molecule has 2 rings (SSSR count). The van der Waals surface area contributed by atoms with Gasteiger partial charge >= 0.3 is 5.69 Å². The zero-order chi connectivity index (χ0) is 20.7. The number of nitrogens with one attached hydrogen (secondary N) is 1. The highest BCUT2D eigenvalue weighted by atomic mass is 32.2. The highest BCUT2D eigenvalue weighted by Gasteiger charge is 2.21. The molecule has 0 saturated heterocycles. The summed E-state index contributed by atoms with van der Waals surface area (Å²) in [4.78, 5) is 41.2. The SMILES string of the molecule is CCCCNC(=O)CSC(=Nc1ccccc1)c1c(O)n(C)c(=O)n(C)c1=O. The molecule has 0 aliphatic heterocycles. The molecule has 2 N–H and O–H groups in total. The summed E-state index contributed by atoms with van der Waals surface area (Å²) in [5.74, 6) is -0.650. The van der Waals surface area contributed by atoms with E-state index in [0.29, 0.717) is 12.2 Å². The van der Waals surface area contributed by atoms with E-state index in [1.165, 1.54) is 14.1 Å². The largest absolute Gasteiger partial charge is 0.494 e. The second-order valence-electron chi connectivity index (χ2n) is 6.15. The Balaban J connectivity index is 2.44. The molecule has 0 saturated carbocycles. The fourth-order valence-electron chi connectivity index (χ4n) is 2.39. The van der Waals surface area contributed by atoms with Crippen LogP contribution in [0.1, 0.15) is 25.3 Å². The Morgan fingerprint density at radius 1 is 1.18 bits per heavy atom. The van der Waals surface area contributed by atoms with Crippen LogP contribution >= 0.6 is 11.8 Å². The molecule has 9 heteroatoms. The third-order valence-corrected chi connectivity index (χ3v) is 5.00. The van der Waals surface area contributed by atoms with Gasteiger partial charge in [0.1, 0.15) is 10.6 Å². The number of thioether (sulfide) groups is 1. The predicted molar refractivity (Wildman–Crippen MR) is 112 cm³/mol. The number of carbonyl (C=O) groups is 1. The van der Waals surface area contributed by atoms with Gasteiger partial charge in [0.2, 0.25) is 11.8 Å².